The van der Waals surface area contributed by atoms with Gasteiger partial charge in [-0.05, 0) is 53.9 Å². The van der Waals surface area contributed by atoms with Gasteiger partial charge in [-0.15, -0.1) is 4.40 Å². The molecule has 0 atom stereocenters. The van der Waals surface area contributed by atoms with E-state index < -0.39 is 50.2 Å². The van der Waals surface area contributed by atoms with E-state index in [-0.39, 0.29) is 68.9 Å². The molecule has 0 saturated heterocycles. The number of halogens is 3. The number of anilines is 2. The Bertz CT molecular complexity index is 1780. The Balaban J connectivity index is 0.00000119. The number of nitrogen functional groups attached to an aromatic ring is 1. The molecule has 0 unspecified atom stereocenters. The van der Waals surface area contributed by atoms with Gasteiger partial charge in [0.15, 0.2) is 22.9 Å². The topological polar surface area (TPSA) is 166 Å². The molecule has 0 fully saturated rings. The van der Waals surface area contributed by atoms with Gasteiger partial charge < -0.3 is 30.5 Å². The van der Waals surface area contributed by atoms with Crippen molar-refractivity contribution in [1.29, 1.82) is 0 Å². The van der Waals surface area contributed by atoms with Crippen LogP contribution in [-0.2, 0) is 21.2 Å². The maximum atomic E-state index is 14.0. The Labute approximate surface area is 261 Å². The molecule has 10 nitrogen and oxygen atoms in total. The van der Waals surface area contributed by atoms with Gasteiger partial charge in [0.2, 0.25) is 0 Å². The first-order valence-corrected chi connectivity index (χ1v) is 13.2. The Morgan fingerprint density at radius 1 is 1.02 bits per heavy atom. The fourth-order valence-electron chi connectivity index (χ4n) is 3.89. The van der Waals surface area contributed by atoms with Gasteiger partial charge in [0, 0.05) is 31.0 Å². The summed E-state index contributed by atoms with van der Waals surface area (Å²) in [5, 5.41) is 22.9. The van der Waals surface area contributed by atoms with Crippen molar-refractivity contribution in [1.82, 2.24) is 4.40 Å². The second-order valence-corrected chi connectivity index (χ2v) is 9.38. The van der Waals surface area contributed by atoms with Crippen molar-refractivity contribution in [2.24, 2.45) is 4.40 Å². The first-order chi connectivity index (χ1) is 19.5. The summed E-state index contributed by atoms with van der Waals surface area (Å²) in [6.45, 7) is 6.00. The summed E-state index contributed by atoms with van der Waals surface area (Å²) in [5.41, 5.74) is 4.44. The molecule has 1 aliphatic rings. The van der Waals surface area contributed by atoms with Crippen LogP contribution in [0, 0.1) is 17.5 Å². The van der Waals surface area contributed by atoms with Gasteiger partial charge in [0.25, 0.3) is 10.0 Å². The van der Waals surface area contributed by atoms with Crippen molar-refractivity contribution >= 4 is 39.5 Å². The number of pyridine rings is 2. The number of aromatic nitrogens is 1. The molecule has 4 aromatic rings. The molecule has 0 saturated carbocycles. The summed E-state index contributed by atoms with van der Waals surface area (Å²) in [7, 11) is -3.35. The summed E-state index contributed by atoms with van der Waals surface area (Å²) in [4.78, 5) is 21.3. The molecule has 0 spiro atoms. The summed E-state index contributed by atoms with van der Waals surface area (Å²) >= 11 is 0. The monoisotopic (exact) mass is 614 g/mol. The third-order valence-electron chi connectivity index (χ3n) is 5.51. The Morgan fingerprint density at radius 2 is 1.67 bits per heavy atom. The van der Waals surface area contributed by atoms with E-state index in [4.69, 9.17) is 15.6 Å². The number of carbonyl (C=O) groups is 1. The normalized spacial score (nSPS) is 12.3. The smallest absolute Gasteiger partial charge is 0.859 e. The van der Waals surface area contributed by atoms with E-state index in [1.165, 1.54) is 30.3 Å². The summed E-state index contributed by atoms with van der Waals surface area (Å²) in [6, 6.07) is 9.20. The predicted molar refractivity (Wildman–Crippen MR) is 147 cm³/mol. The van der Waals surface area contributed by atoms with Crippen LogP contribution < -0.4 is 51.1 Å². The second-order valence-electron chi connectivity index (χ2n) is 7.81. The average Bonchev–Trinajstić information content (AvgIpc) is 2.96. The van der Waals surface area contributed by atoms with Crippen LogP contribution in [0.5, 0.6) is 5.88 Å². The largest absolute Gasteiger partial charge is 1.00 e. The Hall–Kier alpha value is -3.69. The molecule has 0 amide bonds. The number of aliphatic hydroxyl groups excluding tert-OH is 1. The molecular formula is C27H26F3N4NaO6S. The molecular weight excluding hydrogens is 588 g/mol. The van der Waals surface area contributed by atoms with E-state index in [0.717, 1.165) is 35.9 Å². The predicted octanol–water partition coefficient (Wildman–Crippen LogP) is -0.0218. The van der Waals surface area contributed by atoms with Crippen LogP contribution in [0.1, 0.15) is 30.5 Å². The fraction of sp³-hybridized carbons (Fsp3) is 0.148. The quantitative estimate of drug-likeness (QED) is 0.214. The zero-order chi connectivity index (χ0) is 31.1. The zero-order valence-corrected chi connectivity index (χ0v) is 25.9. The first-order valence-electron chi connectivity index (χ1n) is 11.8. The molecule has 1 aliphatic heterocycles. The van der Waals surface area contributed by atoms with Crippen LogP contribution in [-0.4, -0.2) is 37.7 Å². The summed E-state index contributed by atoms with van der Waals surface area (Å²) < 4.78 is 71.1. The summed E-state index contributed by atoms with van der Waals surface area (Å²) in [5.74, 6) is -4.59. The molecule has 42 heavy (non-hydrogen) atoms. The van der Waals surface area contributed by atoms with Crippen molar-refractivity contribution < 1.29 is 66.2 Å². The van der Waals surface area contributed by atoms with Crippen LogP contribution in [0.15, 0.2) is 68.8 Å². The molecule has 2 aromatic carbocycles. The van der Waals surface area contributed by atoms with Gasteiger partial charge in [-0.1, -0.05) is 19.9 Å². The van der Waals surface area contributed by atoms with Gasteiger partial charge in [-0.3, -0.25) is 4.79 Å². The third kappa shape index (κ3) is 7.38. The molecule has 4 N–H and O–H groups in total. The number of rotatable bonds is 3. The number of fused-ring (bicyclic) bond motifs is 2. The molecule has 15 heteroatoms. The van der Waals surface area contributed by atoms with Gasteiger partial charge in [-0.25, -0.2) is 13.2 Å². The molecule has 0 aliphatic carbocycles. The number of aliphatic hydroxyl groups is 1. The number of sulfonamides is 1. The van der Waals surface area contributed by atoms with E-state index in [2.05, 4.69) is 9.71 Å². The number of nitrogens with one attached hydrogen (secondary N) is 1. The van der Waals surface area contributed by atoms with Gasteiger partial charge in [0.1, 0.15) is 17.5 Å². The number of carbonyl (C=O) groups excluding carboxylic acids is 1. The molecule has 0 radical (unpaired) electrons. The standard InChI is InChI=1S/C23H15F3N4O4S.C2H6.CH4O.CH2O.Na/c24-12-2-6-18-14(7-11-1-4-15(25)16(26)8-11)21(31)20(23(32)30(18)10-12)22-28-17-5-3-13(27)9-19(17)35(33,34)29-22;3*1-2;/h1-6,8-10,32H,7,27H2,(H,28,29);1-2H3;2H,1H3;1H2;/q;;;;+1/p-1. The number of hydrogen-bond acceptors (Lipinski definition) is 8. The molecule has 2 aromatic heterocycles. The summed E-state index contributed by atoms with van der Waals surface area (Å²) in [6.07, 6.45) is 0.577. The van der Waals surface area contributed by atoms with Crippen LogP contribution in [0.2, 0.25) is 0 Å². The second kappa shape index (κ2) is 15.5. The number of nitrogens with zero attached hydrogens (tertiary/aromatic N) is 2. The van der Waals surface area contributed by atoms with E-state index in [1.54, 1.807) is 0 Å². The fourth-order valence-corrected chi connectivity index (χ4v) is 5.05. The van der Waals surface area contributed by atoms with Crippen LogP contribution in [0.4, 0.5) is 24.5 Å². The van der Waals surface area contributed by atoms with Gasteiger partial charge in [-0.2, -0.15) is 8.42 Å². The first kappa shape index (κ1) is 36.3. The minimum Gasteiger partial charge on any atom is -0.859 e. The molecule has 3 heterocycles. The maximum Gasteiger partial charge on any atom is 1.00 e. The van der Waals surface area contributed by atoms with Crippen molar-refractivity contribution in [3.8, 4) is 5.88 Å². The zero-order valence-electron chi connectivity index (χ0n) is 23.1. The number of amidine groups is 1. The van der Waals surface area contributed by atoms with Crippen molar-refractivity contribution in [3.63, 3.8) is 0 Å². The van der Waals surface area contributed by atoms with Crippen molar-refractivity contribution in [2.45, 2.75) is 25.2 Å². The molecule has 5 rings (SSSR count). The van der Waals surface area contributed by atoms with Gasteiger partial charge >= 0.3 is 29.6 Å². The van der Waals surface area contributed by atoms with Crippen LogP contribution in [0.25, 0.3) is 5.52 Å². The van der Waals surface area contributed by atoms with Crippen molar-refractivity contribution in [2.75, 3.05) is 18.2 Å². The maximum absolute atomic E-state index is 14.0. The Morgan fingerprint density at radius 3 is 2.29 bits per heavy atom. The van der Waals surface area contributed by atoms with E-state index in [0.29, 0.717) is 0 Å². The number of benzene rings is 2. The number of nitrogens with two attached hydrogens (primary N) is 1. The average molecular weight is 615 g/mol. The minimum atomic E-state index is -4.35. The minimum absolute atomic E-state index is 0. The molecule has 218 valence electrons. The van der Waals surface area contributed by atoms with E-state index >= 15 is 0 Å². The SMILES string of the molecule is C=O.CC.CO.Nc1ccc2c(c1)S(=O)(=O)N=C(c1c([O-])n3cc(F)ccc3c(Cc3ccc(F)c(F)c3)c1=O)N2.[Na+]. The van der Waals surface area contributed by atoms with Crippen LogP contribution >= 0.6 is 0 Å². The van der Waals surface area contributed by atoms with Crippen LogP contribution in [0.3, 0.4) is 0 Å². The third-order valence-corrected chi connectivity index (χ3v) is 6.82. The van der Waals surface area contributed by atoms with E-state index in [1.807, 2.05) is 20.6 Å². The van der Waals surface area contributed by atoms with E-state index in [9.17, 15) is 31.5 Å². The van der Waals surface area contributed by atoms with Crippen molar-refractivity contribution in [3.05, 3.63) is 99.1 Å². The number of hydrogen-bond donors (Lipinski definition) is 3. The van der Waals surface area contributed by atoms with Gasteiger partial charge in [0.05, 0.1) is 16.8 Å². The Kier molecular flexibility index (Phi) is 13.4. The molecule has 0 bridgehead atoms.